The molecule has 1 spiro atoms. The van der Waals surface area contributed by atoms with Crippen LogP contribution < -0.4 is 0 Å². The van der Waals surface area contributed by atoms with Crippen LogP contribution in [0.3, 0.4) is 0 Å². The lowest BCUT2D eigenvalue weighted by molar-refractivity contribution is -0.0691. The summed E-state index contributed by atoms with van der Waals surface area (Å²) in [5.74, 6) is 2.82. The maximum Gasteiger partial charge on any atom is 0.0455 e. The molecule has 0 amide bonds. The van der Waals surface area contributed by atoms with Gasteiger partial charge in [0.25, 0.3) is 0 Å². The van der Waals surface area contributed by atoms with E-state index in [1.165, 1.54) is 32.1 Å². The molecular weight excluding hydrogens is 228 g/mol. The van der Waals surface area contributed by atoms with Gasteiger partial charge in [-0.3, -0.25) is 0 Å². The van der Waals surface area contributed by atoms with Gasteiger partial charge in [0.15, 0.2) is 0 Å². The van der Waals surface area contributed by atoms with Crippen LogP contribution in [0.1, 0.15) is 59.8 Å². The maximum absolute atomic E-state index is 6.87. The van der Waals surface area contributed by atoms with Gasteiger partial charge in [0.1, 0.15) is 0 Å². The topological polar surface area (TPSA) is 0 Å². The second-order valence-electron chi connectivity index (χ2n) is 8.61. The molecule has 0 aromatic rings. The lowest BCUT2D eigenvalue weighted by atomic mass is 9.47. The minimum Gasteiger partial charge on any atom is -0.119 e. The van der Waals surface area contributed by atoms with E-state index in [1.54, 1.807) is 0 Å². The van der Waals surface area contributed by atoms with Gasteiger partial charge in [0, 0.05) is 4.87 Å². The molecule has 0 saturated heterocycles. The Hall–Kier alpha value is 0.290. The van der Waals surface area contributed by atoms with Crippen molar-refractivity contribution in [1.29, 1.82) is 0 Å². The Bertz CT molecular complexity index is 360. The van der Waals surface area contributed by atoms with E-state index in [1.807, 2.05) is 0 Å². The second kappa shape index (κ2) is 2.60. The molecule has 96 valence electrons. The van der Waals surface area contributed by atoms with Crippen molar-refractivity contribution in [1.82, 2.24) is 0 Å². The van der Waals surface area contributed by atoms with Crippen molar-refractivity contribution < 1.29 is 0 Å². The molecule has 0 radical (unpaired) electrons. The first-order valence-corrected chi connectivity index (χ1v) is 7.81. The smallest absolute Gasteiger partial charge is 0.0455 e. The van der Waals surface area contributed by atoms with E-state index in [9.17, 15) is 0 Å². The van der Waals surface area contributed by atoms with Crippen molar-refractivity contribution in [3.8, 4) is 0 Å². The molecule has 0 nitrogen and oxygen atoms in total. The highest BCUT2D eigenvalue weighted by Crippen LogP contribution is 2.89. The molecule has 2 atom stereocenters. The third-order valence-corrected chi connectivity index (χ3v) is 8.43. The van der Waals surface area contributed by atoms with E-state index in [0.29, 0.717) is 16.2 Å². The molecule has 2 unspecified atom stereocenters. The highest BCUT2D eigenvalue weighted by Gasteiger charge is 2.84. The summed E-state index contributed by atoms with van der Waals surface area (Å²) in [6, 6.07) is 0. The predicted octanol–water partition coefficient (Wildman–Crippen LogP) is 4.86. The number of rotatable bonds is 0. The lowest BCUT2D eigenvalue weighted by Crippen LogP contribution is -2.55. The third-order valence-electron chi connectivity index (χ3n) is 7.97. The van der Waals surface area contributed by atoms with Crippen molar-refractivity contribution in [2.75, 3.05) is 0 Å². The first-order valence-electron chi connectivity index (χ1n) is 7.43. The Balaban J connectivity index is 1.82. The van der Waals surface area contributed by atoms with Gasteiger partial charge in [-0.05, 0) is 66.1 Å². The second-order valence-corrected chi connectivity index (χ2v) is 9.42. The van der Waals surface area contributed by atoms with Gasteiger partial charge in [-0.15, -0.1) is 11.6 Å². The average molecular weight is 253 g/mol. The minimum atomic E-state index is 0.205. The molecule has 0 N–H and O–H groups in total. The zero-order valence-electron chi connectivity index (χ0n) is 11.6. The fourth-order valence-electron chi connectivity index (χ4n) is 7.35. The van der Waals surface area contributed by atoms with Crippen LogP contribution in [0.5, 0.6) is 0 Å². The lowest BCUT2D eigenvalue weighted by Gasteiger charge is -2.60. The van der Waals surface area contributed by atoms with Crippen LogP contribution in [0.15, 0.2) is 0 Å². The summed E-state index contributed by atoms with van der Waals surface area (Å²) < 4.78 is 0. The van der Waals surface area contributed by atoms with Crippen molar-refractivity contribution in [2.24, 2.45) is 34.0 Å². The summed E-state index contributed by atoms with van der Waals surface area (Å²) >= 11 is 6.87. The van der Waals surface area contributed by atoms with Gasteiger partial charge >= 0.3 is 0 Å². The number of hydrogen-bond donors (Lipinski definition) is 0. The highest BCUT2D eigenvalue weighted by atomic mass is 35.5. The van der Waals surface area contributed by atoms with E-state index >= 15 is 0 Å². The summed E-state index contributed by atoms with van der Waals surface area (Å²) in [6.07, 6.45) is 6.91. The molecule has 17 heavy (non-hydrogen) atoms. The molecule has 5 saturated carbocycles. The van der Waals surface area contributed by atoms with Crippen LogP contribution in [0.4, 0.5) is 0 Å². The van der Waals surface area contributed by atoms with Gasteiger partial charge in [-0.1, -0.05) is 27.7 Å². The Morgan fingerprint density at radius 2 is 1.29 bits per heavy atom. The number of alkyl halides is 1. The van der Waals surface area contributed by atoms with Crippen LogP contribution in [-0.4, -0.2) is 4.87 Å². The zero-order valence-corrected chi connectivity index (χ0v) is 12.4. The summed E-state index contributed by atoms with van der Waals surface area (Å²) in [4.78, 5) is 0.205. The van der Waals surface area contributed by atoms with Crippen molar-refractivity contribution in [3.63, 3.8) is 0 Å². The Kier molecular flexibility index (Phi) is 1.70. The van der Waals surface area contributed by atoms with Crippen LogP contribution in [0, 0.1) is 34.0 Å². The first kappa shape index (κ1) is 11.1. The van der Waals surface area contributed by atoms with Gasteiger partial charge in [0.2, 0.25) is 0 Å². The molecule has 1 heteroatoms. The first-order chi connectivity index (χ1) is 7.75. The van der Waals surface area contributed by atoms with Crippen molar-refractivity contribution >= 4 is 11.6 Å². The van der Waals surface area contributed by atoms with Crippen molar-refractivity contribution in [2.45, 2.75) is 64.7 Å². The van der Waals surface area contributed by atoms with Gasteiger partial charge < -0.3 is 0 Å². The molecule has 0 aliphatic heterocycles. The average Bonchev–Trinajstić information content (AvgIpc) is 2.48. The van der Waals surface area contributed by atoms with Crippen LogP contribution >= 0.6 is 11.6 Å². The maximum atomic E-state index is 6.87. The van der Waals surface area contributed by atoms with Crippen molar-refractivity contribution in [3.05, 3.63) is 0 Å². The van der Waals surface area contributed by atoms with E-state index < -0.39 is 0 Å². The number of halogens is 1. The van der Waals surface area contributed by atoms with Crippen LogP contribution in [0.2, 0.25) is 0 Å². The van der Waals surface area contributed by atoms with E-state index in [4.69, 9.17) is 11.6 Å². The predicted molar refractivity (Wildman–Crippen MR) is 72.1 cm³/mol. The molecular formula is C16H25Cl. The summed E-state index contributed by atoms with van der Waals surface area (Å²) in [5.41, 5.74) is 1.71. The third kappa shape index (κ3) is 0.915. The fourth-order valence-corrected chi connectivity index (χ4v) is 7.94. The standard InChI is InChI=1S/C16H25Cl/c1-13(2)14(3,4)16(13)11-5-10-6-12(16)9-15(17,7-10)8-11/h10-12H,5-9H2,1-4H3. The summed E-state index contributed by atoms with van der Waals surface area (Å²) in [7, 11) is 0. The molecule has 0 aromatic heterocycles. The largest absolute Gasteiger partial charge is 0.119 e. The highest BCUT2D eigenvalue weighted by molar-refractivity contribution is 6.24. The monoisotopic (exact) mass is 252 g/mol. The number of hydrogen-bond acceptors (Lipinski definition) is 0. The normalized spacial score (nSPS) is 55.2. The van der Waals surface area contributed by atoms with Gasteiger partial charge in [0.05, 0.1) is 0 Å². The molecule has 4 bridgehead atoms. The fraction of sp³-hybridized carbons (Fsp3) is 1.00. The molecule has 0 aromatic carbocycles. The van der Waals surface area contributed by atoms with Gasteiger partial charge in [-0.25, -0.2) is 0 Å². The quantitative estimate of drug-likeness (QED) is 0.541. The van der Waals surface area contributed by atoms with E-state index in [0.717, 1.165) is 17.8 Å². The van der Waals surface area contributed by atoms with E-state index in [2.05, 4.69) is 27.7 Å². The molecule has 5 rings (SSSR count). The van der Waals surface area contributed by atoms with E-state index in [-0.39, 0.29) is 4.87 Å². The zero-order chi connectivity index (χ0) is 12.3. The Labute approximate surface area is 110 Å². The SMILES string of the molecule is CC1(C)C(C)(C)C12C1CC3CC2CC(Cl)(C3)C1. The summed E-state index contributed by atoms with van der Waals surface area (Å²) in [6.45, 7) is 10.1. The Morgan fingerprint density at radius 1 is 0.824 bits per heavy atom. The molecule has 5 fully saturated rings. The van der Waals surface area contributed by atoms with Gasteiger partial charge in [-0.2, -0.15) is 0 Å². The Morgan fingerprint density at radius 3 is 1.65 bits per heavy atom. The van der Waals surface area contributed by atoms with Crippen LogP contribution in [0.25, 0.3) is 0 Å². The minimum absolute atomic E-state index is 0.205. The summed E-state index contributed by atoms with van der Waals surface area (Å²) in [5, 5.41) is 0. The molecule has 5 aliphatic carbocycles. The molecule has 5 aliphatic rings. The molecule has 0 heterocycles. The van der Waals surface area contributed by atoms with Crippen LogP contribution in [-0.2, 0) is 0 Å².